The van der Waals surface area contributed by atoms with Crippen LogP contribution in [0.2, 0.25) is 0 Å². The van der Waals surface area contributed by atoms with Gasteiger partial charge >= 0.3 is 0 Å². The van der Waals surface area contributed by atoms with Gasteiger partial charge in [0.15, 0.2) is 0 Å². The second-order valence-corrected chi connectivity index (χ2v) is 5.50. The molecule has 94 valence electrons. The second kappa shape index (κ2) is 4.68. The van der Waals surface area contributed by atoms with Gasteiger partial charge in [0, 0.05) is 43.8 Å². The first kappa shape index (κ1) is 11.6. The quantitative estimate of drug-likeness (QED) is 0.941. The predicted octanol–water partition coefficient (Wildman–Crippen LogP) is 2.19. The summed E-state index contributed by atoms with van der Waals surface area (Å²) in [6.45, 7) is 0.914. The van der Waals surface area contributed by atoms with Crippen LogP contribution in [0.5, 0.6) is 0 Å². The predicted molar refractivity (Wildman–Crippen MR) is 72.3 cm³/mol. The van der Waals surface area contributed by atoms with Crippen LogP contribution in [0.3, 0.4) is 0 Å². The highest BCUT2D eigenvalue weighted by molar-refractivity contribution is 9.10. The van der Waals surface area contributed by atoms with Gasteiger partial charge in [0.1, 0.15) is 0 Å². The zero-order valence-corrected chi connectivity index (χ0v) is 11.6. The Morgan fingerprint density at radius 3 is 2.89 bits per heavy atom. The van der Waals surface area contributed by atoms with Crippen molar-refractivity contribution in [2.45, 2.75) is 12.3 Å². The molecular formula is C12H14BrN5. The Morgan fingerprint density at radius 2 is 2.22 bits per heavy atom. The van der Waals surface area contributed by atoms with E-state index in [0.29, 0.717) is 17.8 Å². The van der Waals surface area contributed by atoms with E-state index in [-0.39, 0.29) is 0 Å². The van der Waals surface area contributed by atoms with E-state index in [1.807, 2.05) is 17.9 Å². The molecule has 0 bridgehead atoms. The molecule has 18 heavy (non-hydrogen) atoms. The molecule has 3 rings (SSSR count). The number of anilines is 1. The Hall–Kier alpha value is -1.43. The van der Waals surface area contributed by atoms with Crippen LogP contribution in [-0.2, 0) is 7.05 Å². The fraction of sp³-hybridized carbons (Fsp3) is 0.417. The third-order valence-electron chi connectivity index (χ3n) is 3.30. The second-order valence-electron chi connectivity index (χ2n) is 4.59. The molecule has 0 aliphatic heterocycles. The molecule has 0 unspecified atom stereocenters. The van der Waals surface area contributed by atoms with Crippen LogP contribution in [0.25, 0.3) is 0 Å². The highest BCUT2D eigenvalue weighted by atomic mass is 79.9. The smallest absolute Gasteiger partial charge is 0.222 e. The minimum Gasteiger partial charge on any atom is -0.354 e. The third-order valence-corrected chi connectivity index (χ3v) is 3.71. The summed E-state index contributed by atoms with van der Waals surface area (Å²) in [7, 11) is 2.00. The van der Waals surface area contributed by atoms with Crippen molar-refractivity contribution in [3.8, 4) is 0 Å². The molecule has 1 fully saturated rings. The van der Waals surface area contributed by atoms with Gasteiger partial charge < -0.3 is 5.32 Å². The first-order valence-electron chi connectivity index (χ1n) is 5.93. The molecule has 2 aromatic heterocycles. The van der Waals surface area contributed by atoms with E-state index >= 15 is 0 Å². The van der Waals surface area contributed by atoms with Gasteiger partial charge in [0.25, 0.3) is 0 Å². The third kappa shape index (κ3) is 2.38. The number of hydrogen-bond acceptors (Lipinski definition) is 4. The van der Waals surface area contributed by atoms with Crippen LogP contribution in [0.4, 0.5) is 5.95 Å². The number of halogens is 1. The van der Waals surface area contributed by atoms with Crippen molar-refractivity contribution in [2.24, 2.45) is 13.0 Å². The van der Waals surface area contributed by atoms with Crippen LogP contribution in [0.1, 0.15) is 18.0 Å². The minimum absolute atomic E-state index is 0.625. The maximum Gasteiger partial charge on any atom is 0.222 e. The number of hydrogen-bond donors (Lipinski definition) is 1. The van der Waals surface area contributed by atoms with Gasteiger partial charge in [0.05, 0.1) is 4.47 Å². The summed E-state index contributed by atoms with van der Waals surface area (Å²) in [6, 6.07) is 2.10. The summed E-state index contributed by atoms with van der Waals surface area (Å²) in [5.74, 6) is 1.97. The first-order valence-corrected chi connectivity index (χ1v) is 6.72. The summed E-state index contributed by atoms with van der Waals surface area (Å²) >= 11 is 3.32. The number of nitrogens with zero attached hydrogens (tertiary/aromatic N) is 4. The SMILES string of the molecule is Cn1nccc1[C@@H]1C[C@H]1CNc1ncc(Br)cn1. The lowest BCUT2D eigenvalue weighted by Gasteiger charge is -2.04. The van der Waals surface area contributed by atoms with E-state index in [4.69, 9.17) is 0 Å². The van der Waals surface area contributed by atoms with Gasteiger partial charge in [0.2, 0.25) is 5.95 Å². The lowest BCUT2D eigenvalue weighted by molar-refractivity contribution is 0.693. The van der Waals surface area contributed by atoms with Crippen molar-refractivity contribution >= 4 is 21.9 Å². The molecule has 0 amide bonds. The van der Waals surface area contributed by atoms with Crippen LogP contribution < -0.4 is 5.32 Å². The van der Waals surface area contributed by atoms with E-state index in [1.165, 1.54) is 12.1 Å². The van der Waals surface area contributed by atoms with Crippen LogP contribution >= 0.6 is 15.9 Å². The number of aryl methyl sites for hydroxylation is 1. The van der Waals surface area contributed by atoms with Crippen LogP contribution in [0.15, 0.2) is 29.1 Å². The van der Waals surface area contributed by atoms with Crippen molar-refractivity contribution < 1.29 is 0 Å². The first-order chi connectivity index (χ1) is 8.74. The maximum atomic E-state index is 4.21. The van der Waals surface area contributed by atoms with Crippen LogP contribution in [0, 0.1) is 5.92 Å². The standard InChI is InChI=1S/C12H14BrN5/c1-18-11(2-3-17-18)10-4-8(10)5-14-12-15-6-9(13)7-16-12/h2-3,6-8,10H,4-5H2,1H3,(H,14,15,16)/t8-,10+/m0/s1. The molecule has 0 aromatic carbocycles. The summed E-state index contributed by atoms with van der Waals surface area (Å²) in [5, 5.41) is 7.48. The highest BCUT2D eigenvalue weighted by Gasteiger charge is 2.39. The summed E-state index contributed by atoms with van der Waals surface area (Å²) in [5.41, 5.74) is 1.32. The molecule has 2 aromatic rings. The van der Waals surface area contributed by atoms with Crippen molar-refractivity contribution in [1.82, 2.24) is 19.7 Å². The lowest BCUT2D eigenvalue weighted by Crippen LogP contribution is -2.08. The molecule has 6 heteroatoms. The van der Waals surface area contributed by atoms with Crippen molar-refractivity contribution in [1.29, 1.82) is 0 Å². The fourth-order valence-corrected chi connectivity index (χ4v) is 2.41. The van der Waals surface area contributed by atoms with E-state index in [9.17, 15) is 0 Å². The van der Waals surface area contributed by atoms with Gasteiger partial charge in [-0.1, -0.05) is 0 Å². The van der Waals surface area contributed by atoms with Gasteiger partial charge in [-0.25, -0.2) is 9.97 Å². The van der Waals surface area contributed by atoms with Crippen molar-refractivity contribution in [3.63, 3.8) is 0 Å². The number of rotatable bonds is 4. The monoisotopic (exact) mass is 307 g/mol. The van der Waals surface area contributed by atoms with E-state index in [0.717, 1.165) is 11.0 Å². The van der Waals surface area contributed by atoms with E-state index in [1.54, 1.807) is 12.4 Å². The molecule has 5 nitrogen and oxygen atoms in total. The molecule has 0 saturated heterocycles. The van der Waals surface area contributed by atoms with Crippen LogP contribution in [-0.4, -0.2) is 26.3 Å². The zero-order valence-electron chi connectivity index (χ0n) is 10.0. The Kier molecular flexibility index (Phi) is 3.03. The summed E-state index contributed by atoms with van der Waals surface area (Å²) < 4.78 is 2.85. The molecule has 2 heterocycles. The maximum absolute atomic E-state index is 4.21. The molecule has 1 saturated carbocycles. The van der Waals surface area contributed by atoms with Gasteiger partial charge in [-0.2, -0.15) is 5.10 Å². The average molecular weight is 308 g/mol. The Bertz CT molecular complexity index is 536. The topological polar surface area (TPSA) is 55.6 Å². The Labute approximate surface area is 114 Å². The number of aromatic nitrogens is 4. The molecule has 0 spiro atoms. The largest absolute Gasteiger partial charge is 0.354 e. The molecular weight excluding hydrogens is 294 g/mol. The molecule has 1 aliphatic rings. The fourth-order valence-electron chi connectivity index (χ4n) is 2.21. The average Bonchev–Trinajstić information content (AvgIpc) is 3.02. The summed E-state index contributed by atoms with van der Waals surface area (Å²) in [4.78, 5) is 8.39. The molecule has 1 N–H and O–H groups in total. The molecule has 0 radical (unpaired) electrons. The molecule has 1 aliphatic carbocycles. The molecule has 2 atom stereocenters. The van der Waals surface area contributed by atoms with Crippen molar-refractivity contribution in [2.75, 3.05) is 11.9 Å². The van der Waals surface area contributed by atoms with Gasteiger partial charge in [-0.05, 0) is 34.3 Å². The van der Waals surface area contributed by atoms with Gasteiger partial charge in [-0.3, -0.25) is 4.68 Å². The number of nitrogens with one attached hydrogen (secondary N) is 1. The highest BCUT2D eigenvalue weighted by Crippen LogP contribution is 2.46. The van der Waals surface area contributed by atoms with E-state index in [2.05, 4.69) is 42.4 Å². The summed E-state index contributed by atoms with van der Waals surface area (Å²) in [6.07, 6.45) is 6.57. The minimum atomic E-state index is 0.625. The van der Waals surface area contributed by atoms with Gasteiger partial charge in [-0.15, -0.1) is 0 Å². The Balaban J connectivity index is 1.54. The Morgan fingerprint density at radius 1 is 1.44 bits per heavy atom. The van der Waals surface area contributed by atoms with E-state index < -0.39 is 0 Å². The lowest BCUT2D eigenvalue weighted by atomic mass is 10.2. The normalized spacial score (nSPS) is 21.9. The van der Waals surface area contributed by atoms with Crippen molar-refractivity contribution in [3.05, 3.63) is 34.8 Å². The zero-order chi connectivity index (χ0) is 12.5.